The predicted molar refractivity (Wildman–Crippen MR) is 60.5 cm³/mol. The highest BCUT2D eigenvalue weighted by molar-refractivity contribution is 5.75. The van der Waals surface area contributed by atoms with Crippen LogP contribution in [-0.4, -0.2) is 24.2 Å². The lowest BCUT2D eigenvalue weighted by molar-refractivity contribution is -0.121. The van der Waals surface area contributed by atoms with E-state index in [1.165, 1.54) is 25.7 Å². The van der Waals surface area contributed by atoms with Crippen LogP contribution in [0, 0.1) is 11.8 Å². The molecule has 1 saturated carbocycles. The number of hydrogen-bond acceptors (Lipinski definition) is 2. The largest absolute Gasteiger partial charge is 0.396 e. The van der Waals surface area contributed by atoms with E-state index in [0.717, 1.165) is 12.5 Å². The summed E-state index contributed by atoms with van der Waals surface area (Å²) in [5, 5.41) is 11.6. The smallest absolute Gasteiger partial charge is 0.220 e. The maximum Gasteiger partial charge on any atom is 0.220 e. The van der Waals surface area contributed by atoms with E-state index in [4.69, 9.17) is 5.11 Å². The number of amides is 1. The van der Waals surface area contributed by atoms with Gasteiger partial charge in [0.05, 0.1) is 0 Å². The van der Waals surface area contributed by atoms with Gasteiger partial charge in [-0.15, -0.1) is 0 Å². The third-order valence-electron chi connectivity index (χ3n) is 3.41. The molecule has 3 nitrogen and oxygen atoms in total. The van der Waals surface area contributed by atoms with Crippen molar-refractivity contribution < 1.29 is 9.90 Å². The van der Waals surface area contributed by atoms with E-state index >= 15 is 0 Å². The number of aliphatic hydroxyl groups is 1. The molecule has 2 unspecified atom stereocenters. The van der Waals surface area contributed by atoms with Crippen molar-refractivity contribution in [2.24, 2.45) is 11.8 Å². The van der Waals surface area contributed by atoms with Crippen molar-refractivity contribution in [3.63, 3.8) is 0 Å². The minimum Gasteiger partial charge on any atom is -0.396 e. The van der Waals surface area contributed by atoms with Crippen LogP contribution in [0.5, 0.6) is 0 Å². The Morgan fingerprint density at radius 2 is 2.13 bits per heavy atom. The predicted octanol–water partition coefficient (Wildman–Crippen LogP) is 1.70. The minimum absolute atomic E-state index is 0.0850. The lowest BCUT2D eigenvalue weighted by atomic mass is 9.80. The summed E-state index contributed by atoms with van der Waals surface area (Å²) in [6.07, 6.45) is 6.24. The molecule has 0 aromatic rings. The third-order valence-corrected chi connectivity index (χ3v) is 3.41. The second kappa shape index (κ2) is 6.83. The van der Waals surface area contributed by atoms with Crippen LogP contribution in [0.4, 0.5) is 0 Å². The number of carbonyl (C=O) groups is 1. The molecular weight excluding hydrogens is 190 g/mol. The number of nitrogens with one attached hydrogen (secondary N) is 1. The topological polar surface area (TPSA) is 49.3 Å². The lowest BCUT2D eigenvalue weighted by Crippen LogP contribution is -2.33. The van der Waals surface area contributed by atoms with Crippen LogP contribution < -0.4 is 5.32 Å². The first kappa shape index (κ1) is 12.5. The molecule has 0 spiro atoms. The zero-order valence-corrected chi connectivity index (χ0v) is 9.67. The molecule has 88 valence electrons. The molecule has 1 aliphatic rings. The molecule has 0 bridgehead atoms. The molecule has 1 aliphatic carbocycles. The fourth-order valence-corrected chi connectivity index (χ4v) is 2.27. The molecule has 15 heavy (non-hydrogen) atoms. The van der Waals surface area contributed by atoms with E-state index in [1.54, 1.807) is 0 Å². The Morgan fingerprint density at radius 1 is 1.40 bits per heavy atom. The molecule has 2 atom stereocenters. The Labute approximate surface area is 92.3 Å². The first-order chi connectivity index (χ1) is 7.24. The zero-order valence-electron chi connectivity index (χ0n) is 9.67. The summed E-state index contributed by atoms with van der Waals surface area (Å²) < 4.78 is 0. The fraction of sp³-hybridized carbons (Fsp3) is 0.917. The maximum absolute atomic E-state index is 11.3. The van der Waals surface area contributed by atoms with Crippen molar-refractivity contribution in [3.05, 3.63) is 0 Å². The summed E-state index contributed by atoms with van der Waals surface area (Å²) in [7, 11) is 0. The van der Waals surface area contributed by atoms with Crippen LogP contribution in [0.1, 0.15) is 45.4 Å². The van der Waals surface area contributed by atoms with E-state index in [1.807, 2.05) is 0 Å². The van der Waals surface area contributed by atoms with Gasteiger partial charge in [-0.25, -0.2) is 0 Å². The van der Waals surface area contributed by atoms with Crippen LogP contribution in [0.15, 0.2) is 0 Å². The summed E-state index contributed by atoms with van der Waals surface area (Å²) in [6.45, 7) is 3.21. The van der Waals surface area contributed by atoms with Gasteiger partial charge in [0.1, 0.15) is 0 Å². The number of carbonyl (C=O) groups excluding carboxylic acids is 1. The van der Waals surface area contributed by atoms with Crippen LogP contribution in [0.2, 0.25) is 0 Å². The van der Waals surface area contributed by atoms with E-state index in [9.17, 15) is 4.79 Å². The molecule has 3 heteroatoms. The SMILES string of the molecule is CC1CCCCC1CNC(=O)CCCO. The zero-order chi connectivity index (χ0) is 11.1. The average Bonchev–Trinajstić information content (AvgIpc) is 2.25. The number of rotatable bonds is 5. The summed E-state index contributed by atoms with van der Waals surface area (Å²) >= 11 is 0. The van der Waals surface area contributed by atoms with Crippen LogP contribution in [0.3, 0.4) is 0 Å². The van der Waals surface area contributed by atoms with Crippen LogP contribution in [-0.2, 0) is 4.79 Å². The molecule has 0 radical (unpaired) electrons. The Morgan fingerprint density at radius 3 is 2.80 bits per heavy atom. The van der Waals surface area contributed by atoms with Gasteiger partial charge in [0.2, 0.25) is 5.91 Å². The van der Waals surface area contributed by atoms with E-state index in [0.29, 0.717) is 18.8 Å². The lowest BCUT2D eigenvalue weighted by Gasteiger charge is -2.28. The molecule has 0 saturated heterocycles. The Balaban J connectivity index is 2.14. The highest BCUT2D eigenvalue weighted by Crippen LogP contribution is 2.28. The van der Waals surface area contributed by atoms with Gasteiger partial charge in [0, 0.05) is 19.6 Å². The van der Waals surface area contributed by atoms with Crippen molar-refractivity contribution in [2.75, 3.05) is 13.2 Å². The van der Waals surface area contributed by atoms with Gasteiger partial charge < -0.3 is 10.4 Å². The molecule has 2 N–H and O–H groups in total. The average molecular weight is 213 g/mol. The molecule has 0 aromatic heterocycles. The minimum atomic E-state index is 0.0850. The first-order valence-electron chi connectivity index (χ1n) is 6.11. The third kappa shape index (κ3) is 4.65. The van der Waals surface area contributed by atoms with Crippen molar-refractivity contribution in [2.45, 2.75) is 45.4 Å². The van der Waals surface area contributed by atoms with Gasteiger partial charge in [0.15, 0.2) is 0 Å². The van der Waals surface area contributed by atoms with Crippen molar-refractivity contribution in [3.8, 4) is 0 Å². The first-order valence-corrected chi connectivity index (χ1v) is 6.11. The molecule has 1 fully saturated rings. The Hall–Kier alpha value is -0.570. The van der Waals surface area contributed by atoms with Crippen molar-refractivity contribution in [1.82, 2.24) is 5.32 Å². The van der Waals surface area contributed by atoms with Gasteiger partial charge in [0.25, 0.3) is 0 Å². The summed E-state index contributed by atoms with van der Waals surface area (Å²) in [5.41, 5.74) is 0. The van der Waals surface area contributed by atoms with Crippen molar-refractivity contribution in [1.29, 1.82) is 0 Å². The van der Waals surface area contributed by atoms with E-state index < -0.39 is 0 Å². The van der Waals surface area contributed by atoms with E-state index in [2.05, 4.69) is 12.2 Å². The van der Waals surface area contributed by atoms with Crippen molar-refractivity contribution >= 4 is 5.91 Å². The monoisotopic (exact) mass is 213 g/mol. The maximum atomic E-state index is 11.3. The standard InChI is InChI=1S/C12H23NO2/c1-10-5-2-3-6-11(10)9-13-12(15)7-4-8-14/h10-11,14H,2-9H2,1H3,(H,13,15). The molecular formula is C12H23NO2. The van der Waals surface area contributed by atoms with Gasteiger partial charge in [-0.1, -0.05) is 26.2 Å². The molecule has 1 rings (SSSR count). The second-order valence-electron chi connectivity index (χ2n) is 4.65. The second-order valence-corrected chi connectivity index (χ2v) is 4.65. The summed E-state index contributed by atoms with van der Waals surface area (Å²) in [4.78, 5) is 11.3. The quantitative estimate of drug-likeness (QED) is 0.730. The molecule has 1 amide bonds. The van der Waals surface area contributed by atoms with E-state index in [-0.39, 0.29) is 12.5 Å². The number of hydrogen-bond donors (Lipinski definition) is 2. The summed E-state index contributed by atoms with van der Waals surface area (Å²) in [6, 6.07) is 0. The Bertz CT molecular complexity index is 194. The van der Waals surface area contributed by atoms with Crippen LogP contribution in [0.25, 0.3) is 0 Å². The highest BCUT2D eigenvalue weighted by atomic mass is 16.3. The van der Waals surface area contributed by atoms with Gasteiger partial charge in [-0.05, 0) is 24.7 Å². The van der Waals surface area contributed by atoms with Crippen LogP contribution >= 0.6 is 0 Å². The van der Waals surface area contributed by atoms with Gasteiger partial charge in [-0.3, -0.25) is 4.79 Å². The molecule has 0 aromatic carbocycles. The molecule has 0 aliphatic heterocycles. The summed E-state index contributed by atoms with van der Waals surface area (Å²) in [5.74, 6) is 1.50. The van der Waals surface area contributed by atoms with Gasteiger partial charge >= 0.3 is 0 Å². The fourth-order valence-electron chi connectivity index (χ4n) is 2.27. The Kier molecular flexibility index (Phi) is 5.69. The molecule has 0 heterocycles. The van der Waals surface area contributed by atoms with Gasteiger partial charge in [-0.2, -0.15) is 0 Å². The number of aliphatic hydroxyl groups excluding tert-OH is 1. The highest BCUT2D eigenvalue weighted by Gasteiger charge is 2.21. The normalized spacial score (nSPS) is 26.3.